The van der Waals surface area contributed by atoms with Crippen LogP contribution in [0.4, 0.5) is 0 Å². The standard InChI is InChI=1S/C20H24ClN5O2/c1-20(2)8-17-14(9-22-26(17)16-7-5-4-6-15(16)21)10-25(13-20)11-19-23-18(12-27-3)24-28-19/h4-7,9H,8,10-13H2,1-3H3. The monoisotopic (exact) mass is 401 g/mol. The Balaban J connectivity index is 1.62. The maximum atomic E-state index is 6.42. The van der Waals surface area contributed by atoms with Crippen LogP contribution in [0.2, 0.25) is 5.02 Å². The average molecular weight is 402 g/mol. The first-order chi connectivity index (χ1) is 13.4. The number of methoxy groups -OCH3 is 1. The minimum Gasteiger partial charge on any atom is -0.377 e. The summed E-state index contributed by atoms with van der Waals surface area (Å²) in [7, 11) is 1.62. The van der Waals surface area contributed by atoms with Crippen LogP contribution >= 0.6 is 11.6 Å². The van der Waals surface area contributed by atoms with Crippen LogP contribution in [-0.4, -0.2) is 38.5 Å². The van der Waals surface area contributed by atoms with Gasteiger partial charge >= 0.3 is 0 Å². The van der Waals surface area contributed by atoms with Crippen LogP contribution in [0.3, 0.4) is 0 Å². The van der Waals surface area contributed by atoms with Crippen molar-refractivity contribution in [1.29, 1.82) is 0 Å². The molecule has 0 unspecified atom stereocenters. The van der Waals surface area contributed by atoms with Crippen LogP contribution in [0.5, 0.6) is 0 Å². The Morgan fingerprint density at radius 2 is 2.11 bits per heavy atom. The second kappa shape index (κ2) is 7.66. The highest BCUT2D eigenvalue weighted by Crippen LogP contribution is 2.33. The predicted octanol–water partition coefficient (Wildman–Crippen LogP) is 3.64. The Morgan fingerprint density at radius 1 is 1.29 bits per heavy atom. The second-order valence-corrected chi connectivity index (χ2v) is 8.41. The summed E-state index contributed by atoms with van der Waals surface area (Å²) >= 11 is 6.42. The van der Waals surface area contributed by atoms with E-state index in [1.165, 1.54) is 11.3 Å². The van der Waals surface area contributed by atoms with Crippen LogP contribution < -0.4 is 0 Å². The number of hydrogen-bond donors (Lipinski definition) is 0. The molecule has 1 aliphatic rings. The van der Waals surface area contributed by atoms with Gasteiger partial charge in [0.05, 0.1) is 23.5 Å². The van der Waals surface area contributed by atoms with Gasteiger partial charge in [-0.1, -0.05) is 42.7 Å². The van der Waals surface area contributed by atoms with Gasteiger partial charge in [-0.2, -0.15) is 10.1 Å². The lowest BCUT2D eigenvalue weighted by Crippen LogP contribution is -2.32. The molecule has 0 amide bonds. The number of halogens is 1. The van der Waals surface area contributed by atoms with E-state index < -0.39 is 0 Å². The van der Waals surface area contributed by atoms with E-state index in [9.17, 15) is 0 Å². The summed E-state index contributed by atoms with van der Waals surface area (Å²) in [6, 6.07) is 7.81. The number of hydrogen-bond acceptors (Lipinski definition) is 6. The lowest BCUT2D eigenvalue weighted by Gasteiger charge is -2.28. The lowest BCUT2D eigenvalue weighted by molar-refractivity contribution is 0.155. The van der Waals surface area contributed by atoms with Gasteiger partial charge in [0.1, 0.15) is 6.61 Å². The molecule has 0 saturated carbocycles. The van der Waals surface area contributed by atoms with Crippen molar-refractivity contribution in [3.63, 3.8) is 0 Å². The third kappa shape index (κ3) is 3.97. The fourth-order valence-corrected chi connectivity index (χ4v) is 4.03. The zero-order valence-corrected chi connectivity index (χ0v) is 17.1. The average Bonchev–Trinajstić information content (AvgIpc) is 3.19. The fourth-order valence-electron chi connectivity index (χ4n) is 3.82. The Labute approximate surface area is 169 Å². The fraction of sp³-hybridized carbons (Fsp3) is 0.450. The van der Waals surface area contributed by atoms with Crippen LogP contribution in [0.15, 0.2) is 35.0 Å². The van der Waals surface area contributed by atoms with E-state index in [2.05, 4.69) is 34.0 Å². The number of aromatic nitrogens is 4. The number of ether oxygens (including phenoxy) is 1. The Morgan fingerprint density at radius 3 is 2.89 bits per heavy atom. The molecule has 8 heteroatoms. The maximum Gasteiger partial charge on any atom is 0.240 e. The Bertz CT molecular complexity index is 965. The minimum absolute atomic E-state index is 0.0552. The highest BCUT2D eigenvalue weighted by Gasteiger charge is 2.31. The summed E-state index contributed by atoms with van der Waals surface area (Å²) in [4.78, 5) is 6.74. The number of rotatable bonds is 5. The molecule has 0 atom stereocenters. The van der Waals surface area contributed by atoms with E-state index in [4.69, 9.17) is 20.9 Å². The number of para-hydroxylation sites is 1. The molecule has 0 saturated heterocycles. The van der Waals surface area contributed by atoms with Crippen molar-refractivity contribution in [1.82, 2.24) is 24.8 Å². The van der Waals surface area contributed by atoms with Gasteiger partial charge in [0, 0.05) is 31.5 Å². The molecule has 0 radical (unpaired) electrons. The summed E-state index contributed by atoms with van der Waals surface area (Å²) < 4.78 is 12.4. The molecule has 0 spiro atoms. The van der Waals surface area contributed by atoms with E-state index in [1.54, 1.807) is 7.11 Å². The SMILES string of the molecule is COCc1noc(CN2Cc3cnn(-c4ccccc4Cl)c3CC(C)(C)C2)n1. The molecule has 3 heterocycles. The zero-order chi connectivity index (χ0) is 19.7. The number of fused-ring (bicyclic) bond motifs is 1. The minimum atomic E-state index is 0.0552. The smallest absolute Gasteiger partial charge is 0.240 e. The topological polar surface area (TPSA) is 69.2 Å². The second-order valence-electron chi connectivity index (χ2n) is 8.00. The van der Waals surface area contributed by atoms with Crippen molar-refractivity contribution in [2.24, 2.45) is 5.41 Å². The summed E-state index contributed by atoms with van der Waals surface area (Å²) in [6.45, 7) is 7.16. The van der Waals surface area contributed by atoms with Gasteiger partial charge in [0.25, 0.3) is 0 Å². The molecule has 7 nitrogen and oxygen atoms in total. The number of nitrogens with zero attached hydrogens (tertiary/aromatic N) is 5. The first kappa shape index (κ1) is 19.1. The molecule has 0 aliphatic carbocycles. The molecule has 4 rings (SSSR count). The van der Waals surface area contributed by atoms with Crippen molar-refractivity contribution in [3.05, 3.63) is 58.5 Å². The summed E-state index contributed by atoms with van der Waals surface area (Å²) in [5.41, 5.74) is 3.36. The van der Waals surface area contributed by atoms with Crippen molar-refractivity contribution in [2.45, 2.75) is 40.0 Å². The highest BCUT2D eigenvalue weighted by atomic mass is 35.5. The molecule has 0 fully saturated rings. The number of benzene rings is 1. The molecule has 3 aromatic rings. The summed E-state index contributed by atoms with van der Waals surface area (Å²) in [5, 5.41) is 9.30. The van der Waals surface area contributed by atoms with Gasteiger partial charge in [-0.05, 0) is 24.0 Å². The lowest BCUT2D eigenvalue weighted by atomic mass is 9.87. The first-order valence-corrected chi connectivity index (χ1v) is 9.66. The summed E-state index contributed by atoms with van der Waals surface area (Å²) in [6.07, 6.45) is 2.85. The normalized spacial score (nSPS) is 16.7. The molecule has 28 heavy (non-hydrogen) atoms. The van der Waals surface area contributed by atoms with E-state index >= 15 is 0 Å². The van der Waals surface area contributed by atoms with E-state index in [1.807, 2.05) is 35.1 Å². The molecular formula is C20H24ClN5O2. The van der Waals surface area contributed by atoms with Crippen molar-refractivity contribution >= 4 is 11.6 Å². The van der Waals surface area contributed by atoms with Crippen LogP contribution in [-0.2, 0) is 30.9 Å². The van der Waals surface area contributed by atoms with E-state index in [0.29, 0.717) is 29.9 Å². The zero-order valence-electron chi connectivity index (χ0n) is 16.4. The first-order valence-electron chi connectivity index (χ1n) is 9.28. The Kier molecular flexibility index (Phi) is 5.23. The summed E-state index contributed by atoms with van der Waals surface area (Å²) in [5.74, 6) is 1.17. The van der Waals surface area contributed by atoms with Gasteiger partial charge in [-0.15, -0.1) is 0 Å². The molecule has 2 aromatic heterocycles. The highest BCUT2D eigenvalue weighted by molar-refractivity contribution is 6.32. The molecule has 0 N–H and O–H groups in total. The van der Waals surface area contributed by atoms with Gasteiger partial charge in [-0.25, -0.2) is 4.68 Å². The Hall–Kier alpha value is -2.22. The van der Waals surface area contributed by atoms with E-state index in [-0.39, 0.29) is 5.41 Å². The third-order valence-corrected chi connectivity index (χ3v) is 5.19. The largest absolute Gasteiger partial charge is 0.377 e. The van der Waals surface area contributed by atoms with Crippen LogP contribution in [0.25, 0.3) is 5.69 Å². The van der Waals surface area contributed by atoms with E-state index in [0.717, 1.165) is 25.2 Å². The van der Waals surface area contributed by atoms with Crippen molar-refractivity contribution in [2.75, 3.05) is 13.7 Å². The molecule has 1 aromatic carbocycles. The molecule has 148 valence electrons. The molecule has 1 aliphatic heterocycles. The maximum absolute atomic E-state index is 6.42. The van der Waals surface area contributed by atoms with Crippen molar-refractivity contribution in [3.8, 4) is 5.69 Å². The van der Waals surface area contributed by atoms with Gasteiger partial charge < -0.3 is 9.26 Å². The predicted molar refractivity (Wildman–Crippen MR) is 105 cm³/mol. The molecular weight excluding hydrogens is 378 g/mol. The van der Waals surface area contributed by atoms with Crippen LogP contribution in [0.1, 0.15) is 36.8 Å². The van der Waals surface area contributed by atoms with Gasteiger partial charge in [0.2, 0.25) is 5.89 Å². The van der Waals surface area contributed by atoms with Gasteiger partial charge in [0.15, 0.2) is 5.82 Å². The molecule has 0 bridgehead atoms. The van der Waals surface area contributed by atoms with Crippen LogP contribution in [0, 0.1) is 5.41 Å². The van der Waals surface area contributed by atoms with Gasteiger partial charge in [-0.3, -0.25) is 4.90 Å². The third-order valence-electron chi connectivity index (χ3n) is 4.87. The quantitative estimate of drug-likeness (QED) is 0.650. The van der Waals surface area contributed by atoms with Crippen molar-refractivity contribution < 1.29 is 9.26 Å².